The van der Waals surface area contributed by atoms with Gasteiger partial charge in [0.2, 0.25) is 5.95 Å². The van der Waals surface area contributed by atoms with Crippen molar-refractivity contribution in [1.82, 2.24) is 20.2 Å². The highest BCUT2D eigenvalue weighted by molar-refractivity contribution is 7.98. The van der Waals surface area contributed by atoms with Gasteiger partial charge in [-0.05, 0) is 34.4 Å². The van der Waals surface area contributed by atoms with Crippen molar-refractivity contribution in [2.24, 2.45) is 0 Å². The summed E-state index contributed by atoms with van der Waals surface area (Å²) in [4.78, 5) is 1.24. The molecule has 7 heteroatoms. The average Bonchev–Trinajstić information content (AvgIpc) is 2.85. The van der Waals surface area contributed by atoms with Gasteiger partial charge >= 0.3 is 0 Å². The van der Waals surface area contributed by atoms with Crippen LogP contribution in [-0.4, -0.2) is 38.2 Å². The smallest absolute Gasteiger partial charge is 0.243 e. The van der Waals surface area contributed by atoms with Crippen molar-refractivity contribution in [1.29, 1.82) is 0 Å². The Labute approximate surface area is 109 Å². The first-order valence-corrected chi connectivity index (χ1v) is 6.80. The minimum Gasteiger partial charge on any atom is -0.394 e. The number of nitrogens with zero attached hydrogens (tertiary/aromatic N) is 4. The summed E-state index contributed by atoms with van der Waals surface area (Å²) in [5, 5.41) is 23.2. The largest absolute Gasteiger partial charge is 0.394 e. The van der Waals surface area contributed by atoms with Gasteiger partial charge < -0.3 is 10.4 Å². The number of hydrogen-bond acceptors (Lipinski definition) is 6. The van der Waals surface area contributed by atoms with Crippen molar-refractivity contribution in [3.05, 3.63) is 29.8 Å². The zero-order valence-electron chi connectivity index (χ0n) is 10.1. The molecule has 1 aromatic carbocycles. The molecule has 0 radical (unpaired) electrons. The van der Waals surface area contributed by atoms with Crippen LogP contribution in [0, 0.1) is 0 Å². The van der Waals surface area contributed by atoms with E-state index in [-0.39, 0.29) is 6.61 Å². The van der Waals surface area contributed by atoms with Crippen LogP contribution >= 0.6 is 11.8 Å². The number of rotatable bonds is 6. The highest BCUT2D eigenvalue weighted by atomic mass is 32.2. The number of anilines is 1. The SMILES string of the molecule is CSc1ccc(CNc2nnnn2CCO)cc1. The fraction of sp³-hybridized carbons (Fsp3) is 0.364. The predicted octanol–water partition coefficient (Wildman–Crippen LogP) is 0.999. The monoisotopic (exact) mass is 265 g/mol. The molecule has 0 spiro atoms. The summed E-state index contributed by atoms with van der Waals surface area (Å²) in [6, 6.07) is 8.30. The second-order valence-electron chi connectivity index (χ2n) is 3.65. The first kappa shape index (κ1) is 12.8. The van der Waals surface area contributed by atoms with Gasteiger partial charge in [0, 0.05) is 11.4 Å². The molecule has 0 fully saturated rings. The molecular formula is C11H15N5OS. The van der Waals surface area contributed by atoms with E-state index >= 15 is 0 Å². The quantitative estimate of drug-likeness (QED) is 0.759. The van der Waals surface area contributed by atoms with Crippen molar-refractivity contribution in [3.63, 3.8) is 0 Å². The van der Waals surface area contributed by atoms with E-state index < -0.39 is 0 Å². The van der Waals surface area contributed by atoms with Crippen molar-refractivity contribution >= 4 is 17.7 Å². The van der Waals surface area contributed by atoms with Gasteiger partial charge in [0.15, 0.2) is 0 Å². The minimum atomic E-state index is 0.0160. The van der Waals surface area contributed by atoms with Gasteiger partial charge in [0.25, 0.3) is 0 Å². The molecule has 2 rings (SSSR count). The highest BCUT2D eigenvalue weighted by Crippen LogP contribution is 2.15. The van der Waals surface area contributed by atoms with Gasteiger partial charge in [-0.1, -0.05) is 17.2 Å². The summed E-state index contributed by atoms with van der Waals surface area (Å²) >= 11 is 1.72. The number of thioether (sulfide) groups is 1. The minimum absolute atomic E-state index is 0.0160. The van der Waals surface area contributed by atoms with E-state index in [0.717, 1.165) is 5.56 Å². The third-order valence-electron chi connectivity index (χ3n) is 2.45. The summed E-state index contributed by atoms with van der Waals surface area (Å²) in [6.45, 7) is 1.06. The van der Waals surface area contributed by atoms with E-state index in [1.165, 1.54) is 9.58 Å². The molecule has 0 aliphatic rings. The molecule has 0 saturated carbocycles. The van der Waals surface area contributed by atoms with Gasteiger partial charge in [-0.3, -0.25) is 0 Å². The van der Waals surface area contributed by atoms with Gasteiger partial charge in [-0.25, -0.2) is 4.68 Å². The Balaban J connectivity index is 1.95. The zero-order valence-corrected chi connectivity index (χ0v) is 10.9. The van der Waals surface area contributed by atoms with Crippen molar-refractivity contribution in [3.8, 4) is 0 Å². The molecular weight excluding hydrogens is 250 g/mol. The van der Waals surface area contributed by atoms with Gasteiger partial charge in [0.1, 0.15) is 0 Å². The summed E-state index contributed by atoms with van der Waals surface area (Å²) in [5.41, 5.74) is 1.16. The summed E-state index contributed by atoms with van der Waals surface area (Å²) < 4.78 is 1.54. The normalized spacial score (nSPS) is 10.6. The van der Waals surface area contributed by atoms with Gasteiger partial charge in [-0.15, -0.1) is 11.8 Å². The molecule has 18 heavy (non-hydrogen) atoms. The van der Waals surface area contributed by atoms with Crippen LogP contribution in [-0.2, 0) is 13.1 Å². The molecule has 0 saturated heterocycles. The summed E-state index contributed by atoms with van der Waals surface area (Å²) in [6.07, 6.45) is 2.05. The molecule has 2 N–H and O–H groups in total. The lowest BCUT2D eigenvalue weighted by atomic mass is 10.2. The van der Waals surface area contributed by atoms with Crippen molar-refractivity contribution < 1.29 is 5.11 Å². The molecule has 0 aliphatic heterocycles. The number of aliphatic hydroxyl groups excluding tert-OH is 1. The number of nitrogens with one attached hydrogen (secondary N) is 1. The zero-order chi connectivity index (χ0) is 12.8. The van der Waals surface area contributed by atoms with Crippen LogP contribution in [0.2, 0.25) is 0 Å². The maximum atomic E-state index is 8.86. The van der Waals surface area contributed by atoms with E-state index in [9.17, 15) is 0 Å². The molecule has 0 atom stereocenters. The third-order valence-corrected chi connectivity index (χ3v) is 3.20. The first-order chi connectivity index (χ1) is 8.83. The van der Waals surface area contributed by atoms with Gasteiger partial charge in [0.05, 0.1) is 13.2 Å². The number of hydrogen-bond donors (Lipinski definition) is 2. The van der Waals surface area contributed by atoms with Crippen LogP contribution in [0.4, 0.5) is 5.95 Å². The number of aliphatic hydroxyl groups is 1. The fourth-order valence-corrected chi connectivity index (χ4v) is 1.91. The molecule has 1 aromatic heterocycles. The average molecular weight is 265 g/mol. The van der Waals surface area contributed by atoms with Crippen LogP contribution in [0.15, 0.2) is 29.2 Å². The number of aromatic nitrogens is 4. The Morgan fingerprint density at radius 1 is 1.33 bits per heavy atom. The van der Waals surface area contributed by atoms with Crippen molar-refractivity contribution in [2.75, 3.05) is 18.2 Å². The Bertz CT molecular complexity index is 484. The lowest BCUT2D eigenvalue weighted by Crippen LogP contribution is -2.10. The lowest BCUT2D eigenvalue weighted by Gasteiger charge is -2.06. The highest BCUT2D eigenvalue weighted by Gasteiger charge is 2.04. The summed E-state index contributed by atoms with van der Waals surface area (Å²) in [7, 11) is 0. The van der Waals surface area contributed by atoms with Crippen LogP contribution in [0.3, 0.4) is 0 Å². The molecule has 0 unspecified atom stereocenters. The third kappa shape index (κ3) is 3.21. The number of benzene rings is 1. The van der Waals surface area contributed by atoms with Crippen molar-refractivity contribution in [2.45, 2.75) is 18.0 Å². The van der Waals surface area contributed by atoms with Crippen LogP contribution < -0.4 is 5.32 Å². The van der Waals surface area contributed by atoms with E-state index in [1.54, 1.807) is 11.8 Å². The lowest BCUT2D eigenvalue weighted by molar-refractivity contribution is 0.269. The Hall–Kier alpha value is -1.60. The molecule has 0 bridgehead atoms. The molecule has 1 heterocycles. The van der Waals surface area contributed by atoms with Crippen LogP contribution in [0.5, 0.6) is 0 Å². The van der Waals surface area contributed by atoms with E-state index in [4.69, 9.17) is 5.11 Å². The van der Waals surface area contributed by atoms with E-state index in [0.29, 0.717) is 19.0 Å². The van der Waals surface area contributed by atoms with E-state index in [1.807, 2.05) is 0 Å². The molecule has 6 nitrogen and oxygen atoms in total. The Kier molecular flexibility index (Phi) is 4.54. The van der Waals surface area contributed by atoms with E-state index in [2.05, 4.69) is 51.4 Å². The topological polar surface area (TPSA) is 75.9 Å². The van der Waals surface area contributed by atoms with Gasteiger partial charge in [-0.2, -0.15) is 0 Å². The maximum absolute atomic E-state index is 8.86. The Morgan fingerprint density at radius 2 is 2.11 bits per heavy atom. The molecule has 0 aliphatic carbocycles. The number of tetrazole rings is 1. The Morgan fingerprint density at radius 3 is 2.78 bits per heavy atom. The molecule has 0 amide bonds. The van der Waals surface area contributed by atoms with Crippen LogP contribution in [0.25, 0.3) is 0 Å². The maximum Gasteiger partial charge on any atom is 0.243 e. The molecule has 96 valence electrons. The second kappa shape index (κ2) is 6.36. The second-order valence-corrected chi connectivity index (χ2v) is 4.53. The van der Waals surface area contributed by atoms with Crippen LogP contribution in [0.1, 0.15) is 5.56 Å². The standard InChI is InChI=1S/C11H15N5OS/c1-18-10-4-2-9(3-5-10)8-12-11-13-14-15-16(11)6-7-17/h2-5,17H,6-8H2,1H3,(H,12,13,15). The first-order valence-electron chi connectivity index (χ1n) is 5.57. The molecule has 2 aromatic rings. The predicted molar refractivity (Wildman–Crippen MR) is 70.5 cm³/mol. The summed E-state index contributed by atoms with van der Waals surface area (Å²) in [5.74, 6) is 0.568. The fourth-order valence-electron chi connectivity index (χ4n) is 1.50.